The standard InChI is InChI=1S/C24H29N3O4/c1-16-8-10-28-15-17(2)31-19-6-7-22-21(12-19)24(18-11-20(30-16)14-25-13-18)26-27(22)23-5-3-4-9-29-23/h6-7,11-14,16-17,23H,3-5,8-10,15H2,1-2H3/t16-,17+,23?/m1/s1. The van der Waals surface area contributed by atoms with E-state index in [9.17, 15) is 0 Å². The monoisotopic (exact) mass is 423 g/mol. The quantitative estimate of drug-likeness (QED) is 0.563. The fourth-order valence-corrected chi connectivity index (χ4v) is 4.21. The molecule has 31 heavy (non-hydrogen) atoms. The van der Waals surface area contributed by atoms with Gasteiger partial charge in [-0.25, -0.2) is 4.68 Å². The lowest BCUT2D eigenvalue weighted by molar-refractivity contribution is -0.0365. The maximum Gasteiger partial charge on any atom is 0.150 e. The zero-order valence-corrected chi connectivity index (χ0v) is 18.1. The van der Waals surface area contributed by atoms with Crippen LogP contribution in [0.1, 0.15) is 45.8 Å². The van der Waals surface area contributed by atoms with E-state index < -0.39 is 0 Å². The van der Waals surface area contributed by atoms with Crippen LogP contribution in [0.15, 0.2) is 36.7 Å². The highest BCUT2D eigenvalue weighted by Gasteiger charge is 2.23. The topological polar surface area (TPSA) is 67.6 Å². The van der Waals surface area contributed by atoms with Crippen molar-refractivity contribution in [2.24, 2.45) is 0 Å². The molecule has 4 heterocycles. The van der Waals surface area contributed by atoms with Gasteiger partial charge in [-0.1, -0.05) is 0 Å². The third-order valence-electron chi connectivity index (χ3n) is 5.79. The van der Waals surface area contributed by atoms with E-state index in [0.29, 0.717) is 13.2 Å². The second-order valence-electron chi connectivity index (χ2n) is 8.42. The van der Waals surface area contributed by atoms with Crippen LogP contribution >= 0.6 is 0 Å². The predicted octanol–water partition coefficient (Wildman–Crippen LogP) is 4.75. The van der Waals surface area contributed by atoms with Gasteiger partial charge in [0.15, 0.2) is 6.23 Å². The summed E-state index contributed by atoms with van der Waals surface area (Å²) in [7, 11) is 0. The van der Waals surface area contributed by atoms with Gasteiger partial charge in [0.25, 0.3) is 0 Å². The van der Waals surface area contributed by atoms with E-state index in [4.69, 9.17) is 24.0 Å². The lowest BCUT2D eigenvalue weighted by atomic mass is 10.1. The van der Waals surface area contributed by atoms with Gasteiger partial charge in [0.1, 0.15) is 23.3 Å². The van der Waals surface area contributed by atoms with Gasteiger partial charge < -0.3 is 18.9 Å². The summed E-state index contributed by atoms with van der Waals surface area (Å²) in [6.45, 7) is 5.99. The van der Waals surface area contributed by atoms with E-state index in [1.807, 2.05) is 36.9 Å². The zero-order chi connectivity index (χ0) is 21.2. The molecule has 1 fully saturated rings. The molecule has 1 unspecified atom stereocenters. The van der Waals surface area contributed by atoms with Gasteiger partial charge in [-0.3, -0.25) is 4.98 Å². The fourth-order valence-electron chi connectivity index (χ4n) is 4.21. The molecule has 0 N–H and O–H groups in total. The molecule has 1 saturated heterocycles. The smallest absolute Gasteiger partial charge is 0.150 e. The lowest BCUT2D eigenvalue weighted by Gasteiger charge is -2.23. The molecule has 0 saturated carbocycles. The van der Waals surface area contributed by atoms with Gasteiger partial charge in [-0.2, -0.15) is 5.10 Å². The Labute approximate surface area is 182 Å². The van der Waals surface area contributed by atoms with Crippen LogP contribution in [0.4, 0.5) is 0 Å². The first kappa shape index (κ1) is 20.3. The van der Waals surface area contributed by atoms with E-state index >= 15 is 0 Å². The summed E-state index contributed by atoms with van der Waals surface area (Å²) in [6, 6.07) is 8.14. The third kappa shape index (κ3) is 4.38. The van der Waals surface area contributed by atoms with Crippen molar-refractivity contribution in [3.63, 3.8) is 0 Å². The Hall–Kier alpha value is -2.64. The molecule has 3 atom stereocenters. The Morgan fingerprint density at radius 1 is 0.935 bits per heavy atom. The molecular weight excluding hydrogens is 394 g/mol. The average molecular weight is 424 g/mol. The fraction of sp³-hybridized carbons (Fsp3) is 0.500. The minimum atomic E-state index is -0.0540. The number of hydrogen-bond donors (Lipinski definition) is 0. The Kier molecular flexibility index (Phi) is 5.78. The number of aromatic nitrogens is 3. The molecular formula is C24H29N3O4. The maximum atomic E-state index is 6.15. The summed E-state index contributed by atoms with van der Waals surface area (Å²) in [5.41, 5.74) is 2.81. The highest BCUT2D eigenvalue weighted by molar-refractivity contribution is 5.94. The van der Waals surface area contributed by atoms with Gasteiger partial charge in [0.05, 0.1) is 31.0 Å². The number of nitrogens with zero attached hydrogens (tertiary/aromatic N) is 3. The molecule has 1 aromatic carbocycles. The minimum Gasteiger partial charge on any atom is -0.489 e. The summed E-state index contributed by atoms with van der Waals surface area (Å²) in [6.07, 6.45) is 7.49. The highest BCUT2D eigenvalue weighted by Crippen LogP contribution is 2.35. The molecule has 5 rings (SSSR count). The third-order valence-corrected chi connectivity index (χ3v) is 5.79. The number of benzene rings is 1. The van der Waals surface area contributed by atoms with Gasteiger partial charge in [-0.05, 0) is 57.4 Å². The second kappa shape index (κ2) is 8.85. The van der Waals surface area contributed by atoms with Crippen molar-refractivity contribution in [3.05, 3.63) is 36.7 Å². The molecule has 2 aliphatic heterocycles. The van der Waals surface area contributed by atoms with Crippen molar-refractivity contribution < 1.29 is 18.9 Å². The molecule has 3 aromatic rings. The molecule has 0 amide bonds. The van der Waals surface area contributed by atoms with E-state index in [1.165, 1.54) is 0 Å². The Morgan fingerprint density at radius 3 is 2.71 bits per heavy atom. The van der Waals surface area contributed by atoms with Crippen molar-refractivity contribution in [1.82, 2.24) is 14.8 Å². The summed E-state index contributed by atoms with van der Waals surface area (Å²) in [5.74, 6) is 1.54. The van der Waals surface area contributed by atoms with Crippen LogP contribution in [0.25, 0.3) is 22.2 Å². The zero-order valence-electron chi connectivity index (χ0n) is 18.1. The molecule has 0 aliphatic carbocycles. The van der Waals surface area contributed by atoms with Crippen molar-refractivity contribution in [2.75, 3.05) is 19.8 Å². The number of rotatable bonds is 1. The molecule has 0 radical (unpaired) electrons. The lowest BCUT2D eigenvalue weighted by Crippen LogP contribution is -2.21. The first-order chi connectivity index (χ1) is 15.2. The normalized spacial score (nSPS) is 24.8. The van der Waals surface area contributed by atoms with Gasteiger partial charge in [0, 0.05) is 30.2 Å². The number of fused-ring (bicyclic) bond motifs is 4. The SMILES string of the molecule is C[C@@H]1CCOC[C@H](C)Oc2ccc3c(c2)c(nn3C2CCCCO2)-c2cncc(c2)O1. The molecule has 164 valence electrons. The first-order valence-corrected chi connectivity index (χ1v) is 11.2. The van der Waals surface area contributed by atoms with Crippen LogP contribution in [-0.2, 0) is 9.47 Å². The molecule has 7 nitrogen and oxygen atoms in total. The van der Waals surface area contributed by atoms with Crippen molar-refractivity contribution in [1.29, 1.82) is 0 Å². The highest BCUT2D eigenvalue weighted by atomic mass is 16.5. The van der Waals surface area contributed by atoms with Crippen molar-refractivity contribution in [3.8, 4) is 22.8 Å². The van der Waals surface area contributed by atoms with Crippen LogP contribution in [0.5, 0.6) is 11.5 Å². The Morgan fingerprint density at radius 2 is 1.84 bits per heavy atom. The first-order valence-electron chi connectivity index (χ1n) is 11.2. The number of pyridine rings is 1. The predicted molar refractivity (Wildman–Crippen MR) is 117 cm³/mol. The molecule has 7 heteroatoms. The molecule has 4 bridgehead atoms. The summed E-state index contributed by atoms with van der Waals surface area (Å²) in [5, 5.41) is 6.01. The molecule has 2 aromatic heterocycles. The summed E-state index contributed by atoms with van der Waals surface area (Å²) < 4.78 is 26.1. The van der Waals surface area contributed by atoms with Gasteiger partial charge >= 0.3 is 0 Å². The Balaban J connectivity index is 1.63. The summed E-state index contributed by atoms with van der Waals surface area (Å²) in [4.78, 5) is 4.42. The summed E-state index contributed by atoms with van der Waals surface area (Å²) >= 11 is 0. The molecule has 2 aliphatic rings. The Bertz CT molecular complexity index is 1040. The van der Waals surface area contributed by atoms with E-state index in [0.717, 1.165) is 65.9 Å². The average Bonchev–Trinajstić information content (AvgIpc) is 3.16. The van der Waals surface area contributed by atoms with Gasteiger partial charge in [-0.15, -0.1) is 0 Å². The van der Waals surface area contributed by atoms with Crippen molar-refractivity contribution in [2.45, 2.75) is 58.0 Å². The van der Waals surface area contributed by atoms with E-state index in [1.54, 1.807) is 6.20 Å². The minimum absolute atomic E-state index is 0.0210. The van der Waals surface area contributed by atoms with Crippen LogP contribution in [-0.4, -0.2) is 46.8 Å². The van der Waals surface area contributed by atoms with E-state index in [-0.39, 0.29) is 18.4 Å². The van der Waals surface area contributed by atoms with Crippen LogP contribution in [0, 0.1) is 0 Å². The number of hydrogen-bond acceptors (Lipinski definition) is 6. The molecule has 0 spiro atoms. The van der Waals surface area contributed by atoms with Gasteiger partial charge in [0.2, 0.25) is 0 Å². The van der Waals surface area contributed by atoms with Crippen LogP contribution < -0.4 is 9.47 Å². The van der Waals surface area contributed by atoms with Crippen LogP contribution in [0.2, 0.25) is 0 Å². The van der Waals surface area contributed by atoms with E-state index in [2.05, 4.69) is 17.1 Å². The number of ether oxygens (including phenoxy) is 4. The van der Waals surface area contributed by atoms with Crippen LogP contribution in [0.3, 0.4) is 0 Å². The largest absolute Gasteiger partial charge is 0.489 e. The maximum absolute atomic E-state index is 6.15. The second-order valence-corrected chi connectivity index (χ2v) is 8.42. The van der Waals surface area contributed by atoms with Crippen molar-refractivity contribution >= 4 is 10.9 Å².